The van der Waals surface area contributed by atoms with E-state index in [9.17, 15) is 4.39 Å². The molecule has 0 bridgehead atoms. The van der Waals surface area contributed by atoms with Crippen LogP contribution in [0, 0.1) is 5.82 Å². The first-order valence-electron chi connectivity index (χ1n) is 6.80. The number of rotatable bonds is 7. The van der Waals surface area contributed by atoms with Crippen molar-refractivity contribution in [3.63, 3.8) is 0 Å². The van der Waals surface area contributed by atoms with Crippen LogP contribution in [0.5, 0.6) is 5.75 Å². The molecule has 0 aliphatic rings. The number of pyridine rings is 1. The van der Waals surface area contributed by atoms with Gasteiger partial charge in [-0.3, -0.25) is 4.98 Å². The third-order valence-corrected chi connectivity index (χ3v) is 2.87. The van der Waals surface area contributed by atoms with Gasteiger partial charge in [-0.15, -0.1) is 0 Å². The number of hydrogen-bond acceptors (Lipinski definition) is 3. The molecule has 0 spiro atoms. The third kappa shape index (κ3) is 4.31. The summed E-state index contributed by atoms with van der Waals surface area (Å²) in [7, 11) is 0. The number of aromatic nitrogens is 1. The first kappa shape index (κ1) is 14.5. The smallest absolute Gasteiger partial charge is 0.165 e. The van der Waals surface area contributed by atoms with Gasteiger partial charge in [0.25, 0.3) is 0 Å². The minimum atomic E-state index is -0.329. The highest BCUT2D eigenvalue weighted by Gasteiger charge is 2.05. The molecule has 0 radical (unpaired) electrons. The molecule has 4 heteroatoms. The van der Waals surface area contributed by atoms with Crippen LogP contribution in [0.1, 0.15) is 24.5 Å². The van der Waals surface area contributed by atoms with Gasteiger partial charge < -0.3 is 10.1 Å². The van der Waals surface area contributed by atoms with Crippen LogP contribution in [-0.4, -0.2) is 11.5 Å². The molecule has 20 heavy (non-hydrogen) atoms. The summed E-state index contributed by atoms with van der Waals surface area (Å²) in [6.45, 7) is 4.02. The van der Waals surface area contributed by atoms with Gasteiger partial charge in [-0.1, -0.05) is 19.1 Å². The molecule has 3 nitrogen and oxygen atoms in total. The first-order valence-corrected chi connectivity index (χ1v) is 6.80. The maximum absolute atomic E-state index is 13.9. The zero-order valence-electron chi connectivity index (χ0n) is 11.6. The molecule has 1 aromatic heterocycles. The predicted molar refractivity (Wildman–Crippen MR) is 77.0 cm³/mol. The predicted octanol–water partition coefficient (Wildman–Crippen LogP) is 3.30. The Morgan fingerprint density at radius 3 is 2.85 bits per heavy atom. The summed E-state index contributed by atoms with van der Waals surface area (Å²) in [6.07, 6.45) is 4.47. The van der Waals surface area contributed by atoms with Crippen LogP contribution in [0.4, 0.5) is 4.39 Å². The van der Waals surface area contributed by atoms with E-state index in [4.69, 9.17) is 4.74 Å². The van der Waals surface area contributed by atoms with Crippen LogP contribution < -0.4 is 10.1 Å². The molecule has 1 heterocycles. The molecule has 2 rings (SSSR count). The zero-order valence-corrected chi connectivity index (χ0v) is 11.6. The van der Waals surface area contributed by atoms with Gasteiger partial charge in [0.1, 0.15) is 6.61 Å². The number of ether oxygens (including phenoxy) is 1. The Morgan fingerprint density at radius 2 is 2.15 bits per heavy atom. The van der Waals surface area contributed by atoms with Gasteiger partial charge in [0, 0.05) is 24.5 Å². The maximum atomic E-state index is 13.9. The highest BCUT2D eigenvalue weighted by molar-refractivity contribution is 5.29. The molecular formula is C16H19FN2O. The van der Waals surface area contributed by atoms with Crippen molar-refractivity contribution in [1.29, 1.82) is 0 Å². The van der Waals surface area contributed by atoms with Crippen LogP contribution >= 0.6 is 0 Å². The van der Waals surface area contributed by atoms with Crippen molar-refractivity contribution in [3.8, 4) is 5.75 Å². The van der Waals surface area contributed by atoms with Gasteiger partial charge in [-0.25, -0.2) is 4.39 Å². The second-order valence-corrected chi connectivity index (χ2v) is 4.59. The topological polar surface area (TPSA) is 34.1 Å². The molecule has 0 aliphatic carbocycles. The molecule has 2 aromatic rings. The van der Waals surface area contributed by atoms with E-state index in [-0.39, 0.29) is 11.6 Å². The van der Waals surface area contributed by atoms with Gasteiger partial charge >= 0.3 is 0 Å². The lowest BCUT2D eigenvalue weighted by Gasteiger charge is -2.09. The lowest BCUT2D eigenvalue weighted by molar-refractivity contribution is 0.289. The van der Waals surface area contributed by atoms with Crippen LogP contribution in [0.2, 0.25) is 0 Å². The van der Waals surface area contributed by atoms with Crippen LogP contribution in [0.15, 0.2) is 42.7 Å². The molecular weight excluding hydrogens is 255 g/mol. The molecule has 0 amide bonds. The summed E-state index contributed by atoms with van der Waals surface area (Å²) in [5.41, 5.74) is 1.84. The van der Waals surface area contributed by atoms with E-state index in [0.717, 1.165) is 24.1 Å². The Kier molecular flexibility index (Phi) is 5.50. The molecule has 0 saturated carbocycles. The minimum Gasteiger partial charge on any atom is -0.486 e. The highest BCUT2D eigenvalue weighted by atomic mass is 19.1. The van der Waals surface area contributed by atoms with E-state index in [2.05, 4.69) is 17.2 Å². The Bertz CT molecular complexity index is 531. The molecule has 1 N–H and O–H groups in total. The summed E-state index contributed by atoms with van der Waals surface area (Å²) >= 11 is 0. The molecule has 0 aliphatic heterocycles. The lowest BCUT2D eigenvalue weighted by atomic mass is 10.2. The van der Waals surface area contributed by atoms with Crippen molar-refractivity contribution < 1.29 is 9.13 Å². The van der Waals surface area contributed by atoms with Crippen molar-refractivity contribution in [2.45, 2.75) is 26.5 Å². The molecule has 1 aromatic carbocycles. The fourth-order valence-electron chi connectivity index (χ4n) is 1.83. The van der Waals surface area contributed by atoms with Crippen molar-refractivity contribution in [2.24, 2.45) is 0 Å². The fourth-order valence-corrected chi connectivity index (χ4v) is 1.83. The van der Waals surface area contributed by atoms with Gasteiger partial charge in [0.05, 0.1) is 0 Å². The monoisotopic (exact) mass is 274 g/mol. The molecule has 0 saturated heterocycles. The van der Waals surface area contributed by atoms with Crippen molar-refractivity contribution in [3.05, 3.63) is 59.7 Å². The van der Waals surface area contributed by atoms with E-state index in [0.29, 0.717) is 13.2 Å². The van der Waals surface area contributed by atoms with Crippen molar-refractivity contribution in [2.75, 3.05) is 6.54 Å². The van der Waals surface area contributed by atoms with Gasteiger partial charge in [-0.05, 0) is 36.7 Å². The number of halogens is 1. The molecule has 0 atom stereocenters. The standard InChI is InChI=1S/C16H19FN2O/c1-2-7-18-10-13-5-6-16(15(17)9-13)20-12-14-4-3-8-19-11-14/h3-6,8-9,11,18H,2,7,10,12H2,1H3. The highest BCUT2D eigenvalue weighted by Crippen LogP contribution is 2.19. The van der Waals surface area contributed by atoms with Gasteiger partial charge in [0.15, 0.2) is 11.6 Å². The van der Waals surface area contributed by atoms with E-state index < -0.39 is 0 Å². The second kappa shape index (κ2) is 7.60. The number of benzene rings is 1. The van der Waals surface area contributed by atoms with Gasteiger partial charge in [0.2, 0.25) is 0 Å². The van der Waals surface area contributed by atoms with Crippen LogP contribution in [0.3, 0.4) is 0 Å². The Morgan fingerprint density at radius 1 is 1.25 bits per heavy atom. The molecule has 0 fully saturated rings. The molecule has 0 unspecified atom stereocenters. The average molecular weight is 274 g/mol. The SMILES string of the molecule is CCCNCc1ccc(OCc2cccnc2)c(F)c1. The van der Waals surface area contributed by atoms with Crippen molar-refractivity contribution in [1.82, 2.24) is 10.3 Å². The van der Waals surface area contributed by atoms with Gasteiger partial charge in [-0.2, -0.15) is 0 Å². The largest absolute Gasteiger partial charge is 0.486 e. The van der Waals surface area contributed by atoms with Crippen molar-refractivity contribution >= 4 is 0 Å². The number of hydrogen-bond donors (Lipinski definition) is 1. The first-order chi connectivity index (χ1) is 9.79. The average Bonchev–Trinajstić information content (AvgIpc) is 2.48. The van der Waals surface area contributed by atoms with E-state index in [1.165, 1.54) is 6.07 Å². The van der Waals surface area contributed by atoms with Crippen LogP contribution in [0.25, 0.3) is 0 Å². The second-order valence-electron chi connectivity index (χ2n) is 4.59. The Balaban J connectivity index is 1.92. The molecule has 106 valence electrons. The zero-order chi connectivity index (χ0) is 14.2. The maximum Gasteiger partial charge on any atom is 0.165 e. The lowest BCUT2D eigenvalue weighted by Crippen LogP contribution is -2.13. The fraction of sp³-hybridized carbons (Fsp3) is 0.312. The Hall–Kier alpha value is -1.94. The van der Waals surface area contributed by atoms with Crippen LogP contribution in [-0.2, 0) is 13.2 Å². The quantitative estimate of drug-likeness (QED) is 0.787. The number of nitrogens with zero attached hydrogens (tertiary/aromatic N) is 1. The summed E-state index contributed by atoms with van der Waals surface area (Å²) in [6, 6.07) is 8.80. The normalized spacial score (nSPS) is 10.5. The van der Waals surface area contributed by atoms with E-state index in [1.807, 2.05) is 18.2 Å². The van der Waals surface area contributed by atoms with E-state index >= 15 is 0 Å². The van der Waals surface area contributed by atoms with E-state index in [1.54, 1.807) is 18.5 Å². The number of nitrogens with one attached hydrogen (secondary N) is 1. The summed E-state index contributed by atoms with van der Waals surface area (Å²) in [5, 5.41) is 3.24. The minimum absolute atomic E-state index is 0.271. The Labute approximate surface area is 118 Å². The summed E-state index contributed by atoms with van der Waals surface area (Å²) in [5.74, 6) is -0.0576. The summed E-state index contributed by atoms with van der Waals surface area (Å²) < 4.78 is 19.4. The summed E-state index contributed by atoms with van der Waals surface area (Å²) in [4.78, 5) is 3.99. The third-order valence-electron chi connectivity index (χ3n) is 2.87.